The minimum atomic E-state index is 0.219. The van der Waals surface area contributed by atoms with Gasteiger partial charge in [-0.3, -0.25) is 0 Å². The number of hydrogen-bond acceptors (Lipinski definition) is 4. The summed E-state index contributed by atoms with van der Waals surface area (Å²) in [6.45, 7) is 6.54. The first kappa shape index (κ1) is 15.5. The summed E-state index contributed by atoms with van der Waals surface area (Å²) in [5, 5.41) is 8.44. The van der Waals surface area contributed by atoms with E-state index < -0.39 is 0 Å². The van der Waals surface area contributed by atoms with Crippen molar-refractivity contribution < 1.29 is 4.74 Å². The van der Waals surface area contributed by atoms with Gasteiger partial charge in [-0.2, -0.15) is 5.10 Å². The van der Waals surface area contributed by atoms with E-state index in [0.29, 0.717) is 17.3 Å². The first-order valence-electron chi connectivity index (χ1n) is 6.85. The molecule has 0 bridgehead atoms. The van der Waals surface area contributed by atoms with Crippen LogP contribution in [-0.4, -0.2) is 16.9 Å². The Morgan fingerprint density at radius 1 is 1.43 bits per heavy atom. The van der Waals surface area contributed by atoms with Gasteiger partial charge in [-0.15, -0.1) is 0 Å². The predicted octanol–water partition coefficient (Wildman–Crippen LogP) is 3.63. The van der Waals surface area contributed by atoms with Crippen LogP contribution in [0, 0.1) is 6.92 Å². The highest BCUT2D eigenvalue weighted by atomic mass is 35.5. The van der Waals surface area contributed by atoms with Gasteiger partial charge in [0.1, 0.15) is 11.6 Å². The van der Waals surface area contributed by atoms with Gasteiger partial charge in [0.05, 0.1) is 18.5 Å². The van der Waals surface area contributed by atoms with Crippen molar-refractivity contribution in [3.63, 3.8) is 0 Å². The molecule has 0 atom stereocenters. The molecule has 2 aromatic rings. The van der Waals surface area contributed by atoms with Crippen molar-refractivity contribution in [2.24, 2.45) is 0 Å². The average Bonchev–Trinajstić information content (AvgIpc) is 2.73. The quantitative estimate of drug-likeness (QED) is 0.885. The maximum absolute atomic E-state index is 6.25. The molecule has 3 N–H and O–H groups in total. The molecule has 0 fully saturated rings. The molecule has 1 aromatic carbocycles. The fourth-order valence-electron chi connectivity index (χ4n) is 2.18. The summed E-state index contributed by atoms with van der Waals surface area (Å²) in [5.41, 5.74) is 8.48. The molecule has 0 spiro atoms. The Bertz CT molecular complexity index is 637. The van der Waals surface area contributed by atoms with Crippen LogP contribution in [0.3, 0.4) is 0 Å². The van der Waals surface area contributed by atoms with E-state index in [9.17, 15) is 0 Å². The summed E-state index contributed by atoms with van der Waals surface area (Å²) >= 11 is 6.25. The maximum Gasteiger partial charge on any atom is 0.148 e. The second-order valence-electron chi connectivity index (χ2n) is 5.16. The predicted molar refractivity (Wildman–Crippen MR) is 87.1 cm³/mol. The van der Waals surface area contributed by atoms with Gasteiger partial charge in [-0.1, -0.05) is 17.7 Å². The van der Waals surface area contributed by atoms with E-state index in [2.05, 4.69) is 24.3 Å². The number of ether oxygens (including phenoxy) is 1. The summed E-state index contributed by atoms with van der Waals surface area (Å²) in [7, 11) is 1.63. The van der Waals surface area contributed by atoms with E-state index in [1.165, 1.54) is 0 Å². The Balaban J connectivity index is 2.29. The molecule has 0 aliphatic carbocycles. The highest BCUT2D eigenvalue weighted by Gasteiger charge is 2.16. The molecule has 0 unspecified atom stereocenters. The number of benzene rings is 1. The van der Waals surface area contributed by atoms with Crippen LogP contribution in [0.25, 0.3) is 0 Å². The zero-order chi connectivity index (χ0) is 15.6. The molecule has 21 heavy (non-hydrogen) atoms. The molecular formula is C15H21ClN4O. The Morgan fingerprint density at radius 3 is 2.76 bits per heavy atom. The number of nitrogen functional groups attached to an aromatic ring is 1. The lowest BCUT2D eigenvalue weighted by Gasteiger charge is -2.15. The van der Waals surface area contributed by atoms with Crippen LogP contribution >= 0.6 is 11.6 Å². The molecule has 1 heterocycles. The minimum Gasteiger partial charge on any atom is -0.496 e. The number of hydrogen-bond donors (Lipinski definition) is 2. The van der Waals surface area contributed by atoms with Crippen LogP contribution in [0.4, 0.5) is 11.5 Å². The van der Waals surface area contributed by atoms with Gasteiger partial charge in [0, 0.05) is 23.2 Å². The van der Waals surface area contributed by atoms with Crippen LogP contribution in [0.15, 0.2) is 18.2 Å². The lowest BCUT2D eigenvalue weighted by Crippen LogP contribution is -2.11. The summed E-state index contributed by atoms with van der Waals surface area (Å²) in [4.78, 5) is 0. The van der Waals surface area contributed by atoms with Gasteiger partial charge in [-0.05, 0) is 32.9 Å². The summed E-state index contributed by atoms with van der Waals surface area (Å²) < 4.78 is 7.23. The molecule has 0 radical (unpaired) electrons. The van der Waals surface area contributed by atoms with Crippen molar-refractivity contribution in [3.05, 3.63) is 34.5 Å². The first-order valence-corrected chi connectivity index (χ1v) is 7.23. The third kappa shape index (κ3) is 3.08. The van der Waals surface area contributed by atoms with E-state index in [1.54, 1.807) is 7.11 Å². The van der Waals surface area contributed by atoms with Crippen molar-refractivity contribution in [2.45, 2.75) is 33.4 Å². The lowest BCUT2D eigenvalue weighted by molar-refractivity contribution is 0.410. The molecule has 0 saturated heterocycles. The second kappa shape index (κ2) is 6.26. The van der Waals surface area contributed by atoms with Gasteiger partial charge in [0.2, 0.25) is 0 Å². The van der Waals surface area contributed by atoms with Crippen LogP contribution in [0.2, 0.25) is 5.02 Å². The van der Waals surface area contributed by atoms with E-state index in [0.717, 1.165) is 22.8 Å². The van der Waals surface area contributed by atoms with E-state index in [4.69, 9.17) is 22.1 Å². The lowest BCUT2D eigenvalue weighted by atomic mass is 10.2. The topological polar surface area (TPSA) is 65.1 Å². The monoisotopic (exact) mass is 308 g/mol. The summed E-state index contributed by atoms with van der Waals surface area (Å²) in [6, 6.07) is 5.81. The Kier molecular flexibility index (Phi) is 4.63. The number of anilines is 2. The highest BCUT2D eigenvalue weighted by Crippen LogP contribution is 2.30. The van der Waals surface area contributed by atoms with Crippen molar-refractivity contribution in [1.29, 1.82) is 0 Å². The zero-order valence-electron chi connectivity index (χ0n) is 12.8. The normalized spacial score (nSPS) is 11.0. The van der Waals surface area contributed by atoms with Gasteiger partial charge in [0.15, 0.2) is 0 Å². The number of aryl methyl sites for hydroxylation is 1. The summed E-state index contributed by atoms with van der Waals surface area (Å²) in [5.74, 6) is 1.56. The van der Waals surface area contributed by atoms with Gasteiger partial charge in [-0.25, -0.2) is 4.68 Å². The molecule has 0 amide bonds. The van der Waals surface area contributed by atoms with Crippen molar-refractivity contribution in [3.8, 4) is 5.75 Å². The number of aromatic nitrogens is 2. The first-order chi connectivity index (χ1) is 9.95. The van der Waals surface area contributed by atoms with Gasteiger partial charge >= 0.3 is 0 Å². The molecular weight excluding hydrogens is 288 g/mol. The maximum atomic E-state index is 6.25. The van der Waals surface area contributed by atoms with Crippen LogP contribution in [-0.2, 0) is 6.54 Å². The van der Waals surface area contributed by atoms with Crippen molar-refractivity contribution in [1.82, 2.24) is 9.78 Å². The van der Waals surface area contributed by atoms with E-state index in [1.807, 2.05) is 29.8 Å². The van der Waals surface area contributed by atoms with Gasteiger partial charge < -0.3 is 15.8 Å². The Morgan fingerprint density at radius 2 is 2.14 bits per heavy atom. The van der Waals surface area contributed by atoms with E-state index in [-0.39, 0.29) is 6.04 Å². The molecule has 114 valence electrons. The molecule has 6 heteroatoms. The molecule has 2 rings (SSSR count). The van der Waals surface area contributed by atoms with Crippen molar-refractivity contribution in [2.75, 3.05) is 18.2 Å². The molecule has 1 aromatic heterocycles. The third-order valence-electron chi connectivity index (χ3n) is 3.35. The average molecular weight is 309 g/mol. The smallest absolute Gasteiger partial charge is 0.148 e. The molecule has 0 aliphatic heterocycles. The Hall–Kier alpha value is -1.88. The number of nitrogens with zero attached hydrogens (tertiary/aromatic N) is 2. The summed E-state index contributed by atoms with van der Waals surface area (Å²) in [6.07, 6.45) is 0. The van der Waals surface area contributed by atoms with E-state index >= 15 is 0 Å². The molecule has 5 nitrogen and oxygen atoms in total. The molecule has 0 saturated carbocycles. The van der Waals surface area contributed by atoms with Gasteiger partial charge in [0.25, 0.3) is 0 Å². The number of nitrogens with one attached hydrogen (secondary N) is 1. The third-order valence-corrected chi connectivity index (χ3v) is 3.70. The zero-order valence-corrected chi connectivity index (χ0v) is 13.5. The van der Waals surface area contributed by atoms with Crippen LogP contribution in [0.5, 0.6) is 5.75 Å². The standard InChI is InChI=1S/C15H21ClN4O/c1-9(2)20-15(14(17)10(3)19-20)18-8-11-12(16)6-5-7-13(11)21-4/h5-7,9,18H,8,17H2,1-4H3. The molecule has 0 aliphatic rings. The van der Waals surface area contributed by atoms with Crippen LogP contribution < -0.4 is 15.8 Å². The minimum absolute atomic E-state index is 0.219. The highest BCUT2D eigenvalue weighted by molar-refractivity contribution is 6.31. The number of methoxy groups -OCH3 is 1. The number of nitrogens with two attached hydrogens (primary N) is 1. The SMILES string of the molecule is COc1cccc(Cl)c1CNc1c(N)c(C)nn1C(C)C. The number of halogens is 1. The fraction of sp³-hybridized carbons (Fsp3) is 0.400. The second-order valence-corrected chi connectivity index (χ2v) is 5.57. The van der Waals surface area contributed by atoms with Crippen LogP contribution in [0.1, 0.15) is 31.1 Å². The van der Waals surface area contributed by atoms with Crippen molar-refractivity contribution >= 4 is 23.1 Å². The number of rotatable bonds is 5. The largest absolute Gasteiger partial charge is 0.496 e. The Labute approximate surface area is 130 Å². The fourth-order valence-corrected chi connectivity index (χ4v) is 2.42.